The van der Waals surface area contributed by atoms with Crippen LogP contribution in [0, 0.1) is 5.92 Å². The zero-order chi connectivity index (χ0) is 19.6. The number of aromatic amines is 1. The van der Waals surface area contributed by atoms with Crippen molar-refractivity contribution < 1.29 is 13.2 Å². The summed E-state index contributed by atoms with van der Waals surface area (Å²) in [6, 6.07) is 5.64. The van der Waals surface area contributed by atoms with Gasteiger partial charge in [-0.1, -0.05) is 13.0 Å². The molecule has 0 bridgehead atoms. The first kappa shape index (κ1) is 19.3. The molecule has 0 radical (unpaired) electrons. The van der Waals surface area contributed by atoms with Crippen LogP contribution in [0.25, 0.3) is 10.9 Å². The molecule has 27 heavy (non-hydrogen) atoms. The normalized spacial score (nSPS) is 18.3. The maximum atomic E-state index is 13.0. The number of carbonyl (C=O) groups excluding carboxylic acids is 1. The van der Waals surface area contributed by atoms with Crippen molar-refractivity contribution in [1.82, 2.24) is 14.6 Å². The second kappa shape index (κ2) is 7.66. The summed E-state index contributed by atoms with van der Waals surface area (Å²) in [4.78, 5) is 27.0. The summed E-state index contributed by atoms with van der Waals surface area (Å²) in [5, 5.41) is 3.02. The number of nitrogens with zero attached hydrogens (tertiary/aromatic N) is 1. The average Bonchev–Trinajstić information content (AvgIpc) is 2.65. The fourth-order valence-corrected chi connectivity index (χ4v) is 4.98. The van der Waals surface area contributed by atoms with Gasteiger partial charge in [-0.2, -0.15) is 4.31 Å². The van der Waals surface area contributed by atoms with E-state index in [4.69, 9.17) is 0 Å². The third-order valence-electron chi connectivity index (χ3n) is 4.72. The number of amides is 1. The van der Waals surface area contributed by atoms with Gasteiger partial charge in [0.1, 0.15) is 0 Å². The van der Waals surface area contributed by atoms with E-state index in [1.54, 1.807) is 0 Å². The summed E-state index contributed by atoms with van der Waals surface area (Å²) in [7, 11) is -3.66. The highest BCUT2D eigenvalue weighted by Crippen LogP contribution is 2.26. The number of pyridine rings is 1. The van der Waals surface area contributed by atoms with E-state index in [1.165, 1.54) is 34.6 Å². The summed E-state index contributed by atoms with van der Waals surface area (Å²) in [5.41, 5.74) is 0.128. The van der Waals surface area contributed by atoms with Crippen LogP contribution in [0.4, 0.5) is 0 Å². The first-order valence-corrected chi connectivity index (χ1v) is 10.3. The maximum Gasteiger partial charge on any atom is 0.252 e. The van der Waals surface area contributed by atoms with Crippen LogP contribution >= 0.6 is 0 Å². The fraction of sp³-hybridized carbons (Fsp3) is 0.368. The summed E-state index contributed by atoms with van der Waals surface area (Å²) in [6.07, 6.45) is 3.37. The Hall–Kier alpha value is -2.45. The highest BCUT2D eigenvalue weighted by Gasteiger charge is 2.29. The van der Waals surface area contributed by atoms with E-state index in [0.29, 0.717) is 29.9 Å². The molecule has 1 amide bonds. The average molecular weight is 389 g/mol. The van der Waals surface area contributed by atoms with Crippen LogP contribution in [-0.4, -0.2) is 43.2 Å². The fourth-order valence-electron chi connectivity index (χ4n) is 3.35. The Bertz CT molecular complexity index is 1040. The minimum atomic E-state index is -3.66. The number of hydrogen-bond acceptors (Lipinski definition) is 4. The molecule has 1 aromatic carbocycles. The number of sulfonamides is 1. The standard InChI is InChI=1S/C19H23N3O4S/c1-3-8-20-19(24)16-11-18(23)21-17-7-6-14(10-15(16)17)27(25,26)22-9-4-5-13(2)12-22/h3,6-7,10-11,13H,1,4-5,8-9,12H2,2H3,(H,20,24)(H,21,23). The van der Waals surface area contributed by atoms with Crippen molar-refractivity contribution in [3.63, 3.8) is 0 Å². The molecule has 3 rings (SSSR count). The first-order valence-electron chi connectivity index (χ1n) is 8.89. The third kappa shape index (κ3) is 3.96. The monoisotopic (exact) mass is 389 g/mol. The van der Waals surface area contributed by atoms with Crippen LogP contribution in [-0.2, 0) is 10.0 Å². The van der Waals surface area contributed by atoms with Crippen LogP contribution in [0.15, 0.2) is 46.6 Å². The Morgan fingerprint density at radius 1 is 1.41 bits per heavy atom. The Morgan fingerprint density at radius 2 is 2.19 bits per heavy atom. The number of fused-ring (bicyclic) bond motifs is 1. The molecule has 1 aromatic heterocycles. The number of piperidine rings is 1. The van der Waals surface area contributed by atoms with Crippen molar-refractivity contribution in [3.05, 3.63) is 52.8 Å². The van der Waals surface area contributed by atoms with Crippen molar-refractivity contribution in [1.29, 1.82) is 0 Å². The third-order valence-corrected chi connectivity index (χ3v) is 6.58. The van der Waals surface area contributed by atoms with Gasteiger partial charge in [0.05, 0.1) is 10.5 Å². The van der Waals surface area contributed by atoms with E-state index in [2.05, 4.69) is 16.9 Å². The van der Waals surface area contributed by atoms with Gasteiger partial charge in [0.2, 0.25) is 15.6 Å². The predicted octanol–water partition coefficient (Wildman–Crippen LogP) is 1.86. The lowest BCUT2D eigenvalue weighted by molar-refractivity contribution is 0.0959. The van der Waals surface area contributed by atoms with Crippen LogP contribution in [0.2, 0.25) is 0 Å². The van der Waals surface area contributed by atoms with Gasteiger partial charge in [-0.25, -0.2) is 8.42 Å². The van der Waals surface area contributed by atoms with Gasteiger partial charge in [0, 0.05) is 36.6 Å². The first-order chi connectivity index (χ1) is 12.8. The number of hydrogen-bond donors (Lipinski definition) is 2. The van der Waals surface area contributed by atoms with Crippen molar-refractivity contribution in [2.75, 3.05) is 19.6 Å². The maximum absolute atomic E-state index is 13.0. The minimum absolute atomic E-state index is 0.119. The number of benzene rings is 1. The van der Waals surface area contributed by atoms with E-state index >= 15 is 0 Å². The molecule has 1 atom stereocenters. The van der Waals surface area contributed by atoms with E-state index in [1.807, 2.05) is 6.92 Å². The van der Waals surface area contributed by atoms with Gasteiger partial charge in [-0.05, 0) is 37.0 Å². The highest BCUT2D eigenvalue weighted by atomic mass is 32.2. The molecule has 2 N–H and O–H groups in total. The molecule has 1 fully saturated rings. The molecule has 1 saturated heterocycles. The van der Waals surface area contributed by atoms with Crippen LogP contribution in [0.3, 0.4) is 0 Å². The highest BCUT2D eigenvalue weighted by molar-refractivity contribution is 7.89. The molecule has 0 spiro atoms. The molecule has 7 nitrogen and oxygen atoms in total. The van der Waals surface area contributed by atoms with Gasteiger partial charge >= 0.3 is 0 Å². The predicted molar refractivity (Wildman–Crippen MR) is 104 cm³/mol. The minimum Gasteiger partial charge on any atom is -0.349 e. The molecule has 1 unspecified atom stereocenters. The van der Waals surface area contributed by atoms with Gasteiger partial charge < -0.3 is 10.3 Å². The van der Waals surface area contributed by atoms with Gasteiger partial charge in [-0.15, -0.1) is 6.58 Å². The molecule has 2 aromatic rings. The van der Waals surface area contributed by atoms with Crippen molar-refractivity contribution in [2.24, 2.45) is 5.92 Å². The lowest BCUT2D eigenvalue weighted by atomic mass is 10.0. The lowest BCUT2D eigenvalue weighted by Gasteiger charge is -2.30. The van der Waals surface area contributed by atoms with Gasteiger partial charge in [0.25, 0.3) is 5.91 Å². The molecule has 1 aliphatic heterocycles. The Kier molecular flexibility index (Phi) is 5.48. The second-order valence-electron chi connectivity index (χ2n) is 6.86. The molecule has 2 heterocycles. The number of rotatable bonds is 5. The summed E-state index contributed by atoms with van der Waals surface area (Å²) >= 11 is 0. The van der Waals surface area contributed by atoms with Crippen molar-refractivity contribution >= 4 is 26.8 Å². The molecule has 1 aliphatic rings. The zero-order valence-corrected chi connectivity index (χ0v) is 16.0. The molecular formula is C19H23N3O4S. The molecule has 0 aliphatic carbocycles. The molecular weight excluding hydrogens is 366 g/mol. The quantitative estimate of drug-likeness (QED) is 0.763. The Balaban J connectivity index is 2.08. The summed E-state index contributed by atoms with van der Waals surface area (Å²) < 4.78 is 27.6. The van der Waals surface area contributed by atoms with Crippen LogP contribution in [0.5, 0.6) is 0 Å². The van der Waals surface area contributed by atoms with Crippen molar-refractivity contribution in [2.45, 2.75) is 24.7 Å². The van der Waals surface area contributed by atoms with Crippen LogP contribution < -0.4 is 10.9 Å². The number of nitrogens with one attached hydrogen (secondary N) is 2. The topological polar surface area (TPSA) is 99.3 Å². The molecule has 144 valence electrons. The Morgan fingerprint density at radius 3 is 2.89 bits per heavy atom. The lowest BCUT2D eigenvalue weighted by Crippen LogP contribution is -2.39. The summed E-state index contributed by atoms with van der Waals surface area (Å²) in [6.45, 7) is 6.80. The van der Waals surface area contributed by atoms with Gasteiger partial charge in [0.15, 0.2) is 0 Å². The van der Waals surface area contributed by atoms with Crippen molar-refractivity contribution in [3.8, 4) is 0 Å². The van der Waals surface area contributed by atoms with E-state index < -0.39 is 21.5 Å². The second-order valence-corrected chi connectivity index (χ2v) is 8.80. The molecule has 8 heteroatoms. The van der Waals surface area contributed by atoms with E-state index in [0.717, 1.165) is 12.8 Å². The van der Waals surface area contributed by atoms with Gasteiger partial charge in [-0.3, -0.25) is 9.59 Å². The Labute approximate surface area is 158 Å². The number of carbonyl (C=O) groups is 1. The number of aromatic nitrogens is 1. The van der Waals surface area contributed by atoms with E-state index in [-0.39, 0.29) is 17.0 Å². The van der Waals surface area contributed by atoms with E-state index in [9.17, 15) is 18.0 Å². The summed E-state index contributed by atoms with van der Waals surface area (Å²) in [5.74, 6) is -0.141. The number of H-pyrrole nitrogens is 1. The molecule has 0 saturated carbocycles. The van der Waals surface area contributed by atoms with Crippen LogP contribution in [0.1, 0.15) is 30.1 Å². The SMILES string of the molecule is C=CCNC(=O)c1cc(=O)[nH]c2ccc(S(=O)(=O)N3CCCC(C)C3)cc12. The smallest absolute Gasteiger partial charge is 0.252 e. The largest absolute Gasteiger partial charge is 0.349 e. The zero-order valence-electron chi connectivity index (χ0n) is 15.2.